The van der Waals surface area contributed by atoms with E-state index in [1.807, 2.05) is 18.2 Å². The van der Waals surface area contributed by atoms with E-state index in [2.05, 4.69) is 26.8 Å². The molecule has 1 heterocycles. The fourth-order valence-electron chi connectivity index (χ4n) is 9.94. The molecule has 1 aromatic carbocycles. The van der Waals surface area contributed by atoms with E-state index < -0.39 is 35.9 Å². The summed E-state index contributed by atoms with van der Waals surface area (Å²) in [5, 5.41) is 0. The molecule has 0 bridgehead atoms. The normalized spacial score (nSPS) is 38.8. The Morgan fingerprint density at radius 3 is 2.36 bits per heavy atom. The number of esters is 2. The number of benzene rings is 1. The summed E-state index contributed by atoms with van der Waals surface area (Å²) >= 11 is 0. The van der Waals surface area contributed by atoms with Crippen molar-refractivity contribution in [3.8, 4) is 0 Å². The number of carbonyl (C=O) groups excluding carboxylic acids is 3. The monoisotopic (exact) mass is 610 g/mol. The van der Waals surface area contributed by atoms with Gasteiger partial charge in [-0.2, -0.15) is 0 Å². The minimum absolute atomic E-state index is 0.000477. The van der Waals surface area contributed by atoms with Crippen molar-refractivity contribution in [1.29, 1.82) is 0 Å². The van der Waals surface area contributed by atoms with Crippen molar-refractivity contribution in [2.24, 2.45) is 40.4 Å². The smallest absolute Gasteiger partial charge is 0.462 e. The third-order valence-corrected chi connectivity index (χ3v) is 11.9. The summed E-state index contributed by atoms with van der Waals surface area (Å²) in [4.78, 5) is 38.2. The molecule has 0 amide bonds. The SMILES string of the molecule is COC(=O)O[C@@H]1C=C2C[C@@H](OC(C)=O)C[C@H](OC(=O)c3ccccc3)[C@]2(C)[C@H]2CC[C@]3(C)[C@@H](C(C)C4OCCO4)CC[C@H]3[C@H]12. The summed E-state index contributed by atoms with van der Waals surface area (Å²) in [5.74, 6) is 0.237. The lowest BCUT2D eigenvalue weighted by Crippen LogP contribution is -2.60. The Morgan fingerprint density at radius 1 is 0.955 bits per heavy atom. The van der Waals surface area contributed by atoms with Crippen molar-refractivity contribution in [3.05, 3.63) is 47.5 Å². The maximum Gasteiger partial charge on any atom is 0.508 e. The molecule has 240 valence electrons. The Balaban J connectivity index is 1.38. The first kappa shape index (κ1) is 31.1. The van der Waals surface area contributed by atoms with Crippen molar-refractivity contribution in [2.75, 3.05) is 20.3 Å². The van der Waals surface area contributed by atoms with E-state index in [0.29, 0.717) is 37.5 Å². The molecule has 4 fully saturated rings. The molecular weight excluding hydrogens is 564 g/mol. The van der Waals surface area contributed by atoms with Crippen LogP contribution in [-0.2, 0) is 33.2 Å². The predicted molar refractivity (Wildman–Crippen MR) is 159 cm³/mol. The van der Waals surface area contributed by atoms with Crippen molar-refractivity contribution in [3.63, 3.8) is 0 Å². The van der Waals surface area contributed by atoms with Crippen molar-refractivity contribution < 1.29 is 42.8 Å². The summed E-state index contributed by atoms with van der Waals surface area (Å²) in [6, 6.07) is 9.00. The first-order chi connectivity index (χ1) is 21.1. The summed E-state index contributed by atoms with van der Waals surface area (Å²) in [5.41, 5.74) is 0.969. The molecule has 0 radical (unpaired) electrons. The Morgan fingerprint density at radius 2 is 1.68 bits per heavy atom. The van der Waals surface area contributed by atoms with Crippen LogP contribution in [0.25, 0.3) is 0 Å². The van der Waals surface area contributed by atoms with Crippen LogP contribution >= 0.6 is 0 Å². The van der Waals surface area contributed by atoms with E-state index in [9.17, 15) is 14.4 Å². The standard InChI is InChI=1S/C35H46O9/c1-20(32-40-15-16-41-32)25-11-12-26-30-27(13-14-34(25,26)3)35(4)23(18-28(30)43-33(38)39-5)17-24(42-21(2)36)19-29(35)44-31(37)22-9-7-6-8-10-22/h6-10,18,20,24-30,32H,11-17,19H2,1-5H3/t20?,24-,25-,26+,27+,28-,29+,30+,34-,35+/m1/s1. The second-order valence-electron chi connectivity index (χ2n) is 13.9. The zero-order chi connectivity index (χ0) is 31.2. The molecule has 44 heavy (non-hydrogen) atoms. The van der Waals surface area contributed by atoms with E-state index in [1.165, 1.54) is 14.0 Å². The molecule has 9 nitrogen and oxygen atoms in total. The lowest BCUT2D eigenvalue weighted by molar-refractivity contribution is -0.163. The van der Waals surface area contributed by atoms with E-state index in [1.54, 1.807) is 12.1 Å². The number of fused-ring (bicyclic) bond motifs is 5. The number of rotatable bonds is 6. The molecular formula is C35H46O9. The van der Waals surface area contributed by atoms with Crippen molar-refractivity contribution >= 4 is 18.1 Å². The fourth-order valence-corrected chi connectivity index (χ4v) is 9.94. The third-order valence-electron chi connectivity index (χ3n) is 11.9. The van der Waals surface area contributed by atoms with E-state index in [-0.39, 0.29) is 41.3 Å². The highest BCUT2D eigenvalue weighted by Gasteiger charge is 2.65. The quantitative estimate of drug-likeness (QED) is 0.214. The van der Waals surface area contributed by atoms with Crippen LogP contribution < -0.4 is 0 Å². The molecule has 9 heteroatoms. The van der Waals surface area contributed by atoms with E-state index >= 15 is 0 Å². The Bertz CT molecular complexity index is 1270. The van der Waals surface area contributed by atoms with Crippen LogP contribution in [0.3, 0.4) is 0 Å². The van der Waals surface area contributed by atoms with Gasteiger partial charge in [0.1, 0.15) is 18.3 Å². The van der Waals surface area contributed by atoms with Crippen LogP contribution in [0.4, 0.5) is 4.79 Å². The zero-order valence-corrected chi connectivity index (χ0v) is 26.5. The summed E-state index contributed by atoms with van der Waals surface area (Å²) in [6.45, 7) is 9.51. The van der Waals surface area contributed by atoms with Crippen molar-refractivity contribution in [2.45, 2.75) is 90.8 Å². The number of hydrogen-bond donors (Lipinski definition) is 0. The highest BCUT2D eigenvalue weighted by molar-refractivity contribution is 5.89. The van der Waals surface area contributed by atoms with Gasteiger partial charge in [-0.05, 0) is 67.1 Å². The number of methoxy groups -OCH3 is 1. The van der Waals surface area contributed by atoms with Crippen LogP contribution in [0.15, 0.2) is 42.0 Å². The van der Waals surface area contributed by atoms with Gasteiger partial charge in [-0.25, -0.2) is 9.59 Å². The van der Waals surface area contributed by atoms with Crippen LogP contribution in [-0.4, -0.2) is 63.0 Å². The highest BCUT2D eigenvalue weighted by atomic mass is 16.7. The second-order valence-corrected chi connectivity index (χ2v) is 13.9. The maximum atomic E-state index is 13.5. The summed E-state index contributed by atoms with van der Waals surface area (Å²) < 4.78 is 35.1. The Labute approximate surface area is 259 Å². The molecule has 10 atom stereocenters. The van der Waals surface area contributed by atoms with Gasteiger partial charge in [0.25, 0.3) is 0 Å². The molecule has 0 aromatic heterocycles. The average molecular weight is 611 g/mol. The first-order valence-corrected chi connectivity index (χ1v) is 16.2. The van der Waals surface area contributed by atoms with E-state index in [0.717, 1.165) is 31.3 Å². The molecule has 1 aliphatic heterocycles. The van der Waals surface area contributed by atoms with Gasteiger partial charge in [-0.3, -0.25) is 4.79 Å². The van der Waals surface area contributed by atoms with E-state index in [4.69, 9.17) is 28.4 Å². The van der Waals surface area contributed by atoms with Gasteiger partial charge < -0.3 is 28.4 Å². The van der Waals surface area contributed by atoms with Gasteiger partial charge >= 0.3 is 18.1 Å². The summed E-state index contributed by atoms with van der Waals surface area (Å²) in [6.07, 6.45) is 4.53. The topological polar surface area (TPSA) is 107 Å². The third kappa shape index (κ3) is 5.34. The second kappa shape index (κ2) is 12.1. The molecule has 4 aliphatic carbocycles. The first-order valence-electron chi connectivity index (χ1n) is 16.2. The molecule has 1 unspecified atom stereocenters. The number of ether oxygens (including phenoxy) is 6. The van der Waals surface area contributed by atoms with Crippen LogP contribution in [0.1, 0.15) is 76.6 Å². The molecule has 5 aliphatic rings. The van der Waals surface area contributed by atoms with Gasteiger partial charge in [-0.1, -0.05) is 44.5 Å². The lowest BCUT2D eigenvalue weighted by Gasteiger charge is -2.61. The molecule has 0 N–H and O–H groups in total. The van der Waals surface area contributed by atoms with Crippen LogP contribution in [0.5, 0.6) is 0 Å². The Hall–Kier alpha value is -2.91. The predicted octanol–water partition coefficient (Wildman–Crippen LogP) is 6.10. The zero-order valence-electron chi connectivity index (χ0n) is 26.5. The average Bonchev–Trinajstić information content (AvgIpc) is 3.66. The van der Waals surface area contributed by atoms with Crippen LogP contribution in [0.2, 0.25) is 0 Å². The molecule has 3 saturated carbocycles. The Kier molecular flexibility index (Phi) is 8.56. The molecule has 6 rings (SSSR count). The minimum atomic E-state index is -0.712. The number of carbonyl (C=O) groups is 3. The van der Waals surface area contributed by atoms with Crippen molar-refractivity contribution in [1.82, 2.24) is 0 Å². The lowest BCUT2D eigenvalue weighted by atomic mass is 9.45. The number of hydrogen-bond acceptors (Lipinski definition) is 9. The van der Waals surface area contributed by atoms with Gasteiger partial charge in [0.05, 0.1) is 25.9 Å². The van der Waals surface area contributed by atoms with Gasteiger partial charge in [-0.15, -0.1) is 0 Å². The van der Waals surface area contributed by atoms with Gasteiger partial charge in [0, 0.05) is 37.0 Å². The molecule has 0 spiro atoms. The summed E-state index contributed by atoms with van der Waals surface area (Å²) in [7, 11) is 1.33. The van der Waals surface area contributed by atoms with Gasteiger partial charge in [0.15, 0.2) is 6.29 Å². The fraction of sp³-hybridized carbons (Fsp3) is 0.686. The minimum Gasteiger partial charge on any atom is -0.462 e. The maximum absolute atomic E-state index is 13.5. The highest BCUT2D eigenvalue weighted by Crippen LogP contribution is 2.68. The largest absolute Gasteiger partial charge is 0.508 e. The molecule has 1 saturated heterocycles. The van der Waals surface area contributed by atoms with Crippen LogP contribution in [0, 0.1) is 40.4 Å². The molecule has 1 aromatic rings. The van der Waals surface area contributed by atoms with Gasteiger partial charge in [0.2, 0.25) is 0 Å².